The molecule has 0 fully saturated rings. The van der Waals surface area contributed by atoms with Gasteiger partial charge in [-0.15, -0.1) is 0 Å². The average molecular weight is 253 g/mol. The Labute approximate surface area is 104 Å². The van der Waals surface area contributed by atoms with Crippen LogP contribution >= 0.6 is 22.9 Å². The summed E-state index contributed by atoms with van der Waals surface area (Å²) in [5, 5.41) is 8.21. The fourth-order valence-corrected chi connectivity index (χ4v) is 2.42. The van der Waals surface area contributed by atoms with Crippen LogP contribution in [-0.4, -0.2) is 6.54 Å². The lowest BCUT2D eigenvalue weighted by atomic mass is 10.1. The third kappa shape index (κ3) is 2.55. The predicted octanol–water partition coefficient (Wildman–Crippen LogP) is 3.51. The topological polar surface area (TPSA) is 38.0 Å². The first-order chi connectivity index (χ1) is 7.81. The maximum atomic E-state index is 6.09. The van der Waals surface area contributed by atoms with Crippen LogP contribution in [0.3, 0.4) is 0 Å². The summed E-state index contributed by atoms with van der Waals surface area (Å²) in [6.45, 7) is 0.544. The normalized spacial score (nSPS) is 12.4. The van der Waals surface area contributed by atoms with E-state index in [4.69, 9.17) is 17.3 Å². The van der Waals surface area contributed by atoms with Gasteiger partial charge < -0.3 is 11.1 Å². The number of nitrogens with two attached hydrogens (primary N) is 1. The molecule has 2 rings (SSSR count). The quantitative estimate of drug-likeness (QED) is 0.874. The molecule has 0 aliphatic carbocycles. The summed E-state index contributed by atoms with van der Waals surface area (Å²) in [5.41, 5.74) is 7.88. The van der Waals surface area contributed by atoms with Crippen molar-refractivity contribution in [3.8, 4) is 0 Å². The molecule has 3 N–H and O–H groups in total. The Kier molecular flexibility index (Phi) is 3.83. The lowest BCUT2D eigenvalue weighted by Crippen LogP contribution is -2.20. The fraction of sp³-hybridized carbons (Fsp3) is 0.167. The Morgan fingerprint density at radius 1 is 1.31 bits per heavy atom. The van der Waals surface area contributed by atoms with Crippen molar-refractivity contribution >= 4 is 28.6 Å². The zero-order valence-corrected chi connectivity index (χ0v) is 10.3. The standard InChI is InChI=1S/C12H13ClN2S/c13-10-3-1-2-4-11(10)15-12(7-14)9-5-6-16-8-9/h1-6,8,12,15H,7,14H2. The second-order valence-electron chi connectivity index (χ2n) is 3.47. The summed E-state index contributed by atoms with van der Waals surface area (Å²) in [6, 6.07) is 9.88. The van der Waals surface area contributed by atoms with Crippen LogP contribution in [0.2, 0.25) is 5.02 Å². The van der Waals surface area contributed by atoms with Gasteiger partial charge in [-0.05, 0) is 34.5 Å². The molecule has 1 unspecified atom stereocenters. The minimum atomic E-state index is 0.117. The molecule has 0 aliphatic rings. The summed E-state index contributed by atoms with van der Waals surface area (Å²) >= 11 is 7.76. The molecule has 2 aromatic rings. The zero-order chi connectivity index (χ0) is 11.4. The molecule has 1 atom stereocenters. The first kappa shape index (κ1) is 11.5. The van der Waals surface area contributed by atoms with Crippen molar-refractivity contribution in [2.24, 2.45) is 5.73 Å². The van der Waals surface area contributed by atoms with E-state index in [1.54, 1.807) is 11.3 Å². The Morgan fingerprint density at radius 2 is 2.12 bits per heavy atom. The van der Waals surface area contributed by atoms with Gasteiger partial charge in [-0.3, -0.25) is 0 Å². The van der Waals surface area contributed by atoms with E-state index < -0.39 is 0 Å². The predicted molar refractivity (Wildman–Crippen MR) is 71.2 cm³/mol. The number of para-hydroxylation sites is 1. The largest absolute Gasteiger partial charge is 0.376 e. The molecule has 0 amide bonds. The Morgan fingerprint density at radius 3 is 2.75 bits per heavy atom. The van der Waals surface area contributed by atoms with E-state index in [2.05, 4.69) is 16.8 Å². The van der Waals surface area contributed by atoms with Gasteiger partial charge in [-0.1, -0.05) is 23.7 Å². The van der Waals surface area contributed by atoms with E-state index in [-0.39, 0.29) is 6.04 Å². The number of rotatable bonds is 4. The Hall–Kier alpha value is -1.03. The van der Waals surface area contributed by atoms with Gasteiger partial charge in [-0.25, -0.2) is 0 Å². The molecule has 1 heterocycles. The van der Waals surface area contributed by atoms with Crippen LogP contribution in [-0.2, 0) is 0 Å². The van der Waals surface area contributed by atoms with E-state index >= 15 is 0 Å². The highest BCUT2D eigenvalue weighted by molar-refractivity contribution is 7.08. The smallest absolute Gasteiger partial charge is 0.0644 e. The van der Waals surface area contributed by atoms with Gasteiger partial charge in [-0.2, -0.15) is 11.3 Å². The lowest BCUT2D eigenvalue weighted by Gasteiger charge is -2.17. The average Bonchev–Trinajstić information content (AvgIpc) is 2.81. The summed E-state index contributed by atoms with van der Waals surface area (Å²) in [6.07, 6.45) is 0. The summed E-state index contributed by atoms with van der Waals surface area (Å²) < 4.78 is 0. The van der Waals surface area contributed by atoms with Crippen LogP contribution in [0.4, 0.5) is 5.69 Å². The van der Waals surface area contributed by atoms with Crippen LogP contribution in [0.25, 0.3) is 0 Å². The number of nitrogens with one attached hydrogen (secondary N) is 1. The molecule has 1 aromatic carbocycles. The minimum absolute atomic E-state index is 0.117. The highest BCUT2D eigenvalue weighted by atomic mass is 35.5. The SMILES string of the molecule is NCC(Nc1ccccc1Cl)c1ccsc1. The van der Waals surface area contributed by atoms with E-state index in [9.17, 15) is 0 Å². The van der Waals surface area contributed by atoms with Gasteiger partial charge >= 0.3 is 0 Å². The van der Waals surface area contributed by atoms with Crippen molar-refractivity contribution < 1.29 is 0 Å². The van der Waals surface area contributed by atoms with E-state index in [1.807, 2.05) is 29.6 Å². The van der Waals surface area contributed by atoms with Gasteiger partial charge in [0, 0.05) is 6.54 Å². The zero-order valence-electron chi connectivity index (χ0n) is 8.69. The minimum Gasteiger partial charge on any atom is -0.376 e. The van der Waals surface area contributed by atoms with Gasteiger partial charge in [0.25, 0.3) is 0 Å². The van der Waals surface area contributed by atoms with Gasteiger partial charge in [0.1, 0.15) is 0 Å². The van der Waals surface area contributed by atoms with Crippen LogP contribution in [0.15, 0.2) is 41.1 Å². The van der Waals surface area contributed by atoms with Gasteiger partial charge in [0.05, 0.1) is 16.8 Å². The third-order valence-corrected chi connectivity index (χ3v) is 3.42. The highest BCUT2D eigenvalue weighted by Gasteiger charge is 2.10. The first-order valence-electron chi connectivity index (χ1n) is 5.04. The monoisotopic (exact) mass is 252 g/mol. The van der Waals surface area contributed by atoms with E-state index in [1.165, 1.54) is 5.56 Å². The molecule has 0 saturated carbocycles. The molecule has 0 bridgehead atoms. The molecule has 0 radical (unpaired) electrons. The number of hydrogen-bond acceptors (Lipinski definition) is 3. The van der Waals surface area contributed by atoms with Crippen molar-refractivity contribution in [2.75, 3.05) is 11.9 Å². The van der Waals surface area contributed by atoms with Gasteiger partial charge in [0.2, 0.25) is 0 Å². The maximum absolute atomic E-state index is 6.09. The number of anilines is 1. The molecule has 1 aromatic heterocycles. The molecule has 0 aliphatic heterocycles. The summed E-state index contributed by atoms with van der Waals surface area (Å²) in [5.74, 6) is 0. The van der Waals surface area contributed by atoms with Gasteiger partial charge in [0.15, 0.2) is 0 Å². The lowest BCUT2D eigenvalue weighted by molar-refractivity contribution is 0.794. The summed E-state index contributed by atoms with van der Waals surface area (Å²) in [4.78, 5) is 0. The van der Waals surface area contributed by atoms with Crippen LogP contribution < -0.4 is 11.1 Å². The van der Waals surface area contributed by atoms with E-state index in [0.29, 0.717) is 6.54 Å². The molecule has 84 valence electrons. The molecule has 2 nitrogen and oxygen atoms in total. The van der Waals surface area contributed by atoms with Crippen LogP contribution in [0.5, 0.6) is 0 Å². The number of benzene rings is 1. The molecular weight excluding hydrogens is 240 g/mol. The fourth-order valence-electron chi connectivity index (χ4n) is 1.52. The van der Waals surface area contributed by atoms with Crippen LogP contribution in [0.1, 0.15) is 11.6 Å². The Balaban J connectivity index is 2.17. The maximum Gasteiger partial charge on any atom is 0.0644 e. The molecule has 4 heteroatoms. The van der Waals surface area contributed by atoms with E-state index in [0.717, 1.165) is 10.7 Å². The first-order valence-corrected chi connectivity index (χ1v) is 6.36. The van der Waals surface area contributed by atoms with Crippen molar-refractivity contribution in [3.63, 3.8) is 0 Å². The number of hydrogen-bond donors (Lipinski definition) is 2. The second-order valence-corrected chi connectivity index (χ2v) is 4.66. The highest BCUT2D eigenvalue weighted by Crippen LogP contribution is 2.26. The van der Waals surface area contributed by atoms with Crippen molar-refractivity contribution in [3.05, 3.63) is 51.7 Å². The summed E-state index contributed by atoms with van der Waals surface area (Å²) in [7, 11) is 0. The molecule has 0 saturated heterocycles. The second kappa shape index (κ2) is 5.34. The number of thiophene rings is 1. The molecular formula is C12H13ClN2S. The molecule has 0 spiro atoms. The molecule has 16 heavy (non-hydrogen) atoms. The Bertz CT molecular complexity index is 442. The van der Waals surface area contributed by atoms with Crippen LogP contribution in [0, 0.1) is 0 Å². The van der Waals surface area contributed by atoms with Crippen molar-refractivity contribution in [1.29, 1.82) is 0 Å². The van der Waals surface area contributed by atoms with Crippen molar-refractivity contribution in [1.82, 2.24) is 0 Å². The number of halogens is 1. The van der Waals surface area contributed by atoms with Crippen molar-refractivity contribution in [2.45, 2.75) is 6.04 Å². The third-order valence-electron chi connectivity index (χ3n) is 2.38.